The fourth-order valence-electron chi connectivity index (χ4n) is 6.30. The molecular weight excluding hydrogens is 636 g/mol. The summed E-state index contributed by atoms with van der Waals surface area (Å²) < 4.78 is 64.1. The Morgan fingerprint density at radius 3 is 2.43 bits per heavy atom. The van der Waals surface area contributed by atoms with Gasteiger partial charge >= 0.3 is 12.1 Å². The Bertz CT molecular complexity index is 1730. The van der Waals surface area contributed by atoms with E-state index in [-0.39, 0.29) is 29.9 Å². The molecule has 0 radical (unpaired) electrons. The molecule has 1 amide bonds. The van der Waals surface area contributed by atoms with Crippen molar-refractivity contribution < 1.29 is 36.6 Å². The largest absolute Gasteiger partial charge is 0.469 e. The molecule has 4 atom stereocenters. The molecule has 1 saturated carbocycles. The summed E-state index contributed by atoms with van der Waals surface area (Å²) in [5.74, 6) is 0.909. The Kier molecular flexibility index (Phi) is 10.5. The average molecular weight is 673 g/mol. The third kappa shape index (κ3) is 7.73. The lowest BCUT2D eigenvalue weighted by Gasteiger charge is -2.36. The maximum absolute atomic E-state index is 12.8. The third-order valence-electron chi connectivity index (χ3n) is 8.95. The number of aryl methyl sites for hydroxylation is 2. The van der Waals surface area contributed by atoms with Gasteiger partial charge in [-0.05, 0) is 104 Å². The zero-order valence-corrected chi connectivity index (χ0v) is 27.2. The van der Waals surface area contributed by atoms with Crippen LogP contribution < -0.4 is 9.62 Å². The summed E-state index contributed by atoms with van der Waals surface area (Å²) in [6.45, 7) is 3.61. The van der Waals surface area contributed by atoms with Crippen LogP contribution in [0.5, 0.6) is 0 Å². The number of alkyl halides is 3. The molecular formula is C34H36F4N4O4S. The zero-order valence-electron chi connectivity index (χ0n) is 26.4. The van der Waals surface area contributed by atoms with Gasteiger partial charge in [-0.2, -0.15) is 13.2 Å². The maximum atomic E-state index is 12.8. The number of hydrogen-bond acceptors (Lipinski definition) is 7. The second-order valence-corrected chi connectivity index (χ2v) is 13.0. The number of benzene rings is 3. The minimum absolute atomic E-state index is 0.0931. The van der Waals surface area contributed by atoms with Crippen LogP contribution in [0.3, 0.4) is 0 Å². The van der Waals surface area contributed by atoms with E-state index in [9.17, 15) is 27.2 Å². The summed E-state index contributed by atoms with van der Waals surface area (Å²) in [7, 11) is 5.61. The van der Waals surface area contributed by atoms with Gasteiger partial charge in [-0.15, -0.1) is 0 Å². The van der Waals surface area contributed by atoms with Crippen LogP contribution in [0.15, 0.2) is 65.6 Å². The lowest BCUT2D eigenvalue weighted by atomic mass is 9.67. The van der Waals surface area contributed by atoms with Crippen molar-refractivity contribution >= 4 is 46.7 Å². The molecule has 8 nitrogen and oxygen atoms in total. The summed E-state index contributed by atoms with van der Waals surface area (Å²) >= 11 is 1.68. The number of nitrogens with one attached hydrogen (secondary N) is 1. The quantitative estimate of drug-likeness (QED) is 0.0950. The molecule has 2 aliphatic rings. The number of imidazole rings is 1. The number of methoxy groups -OCH3 is 1. The van der Waals surface area contributed by atoms with Gasteiger partial charge in [-0.3, -0.25) is 9.59 Å². The summed E-state index contributed by atoms with van der Waals surface area (Å²) in [6.07, 6.45) is -2.56. The number of aromatic nitrogens is 2. The average Bonchev–Trinajstić information content (AvgIpc) is 3.63. The number of esters is 1. The smallest absolute Gasteiger partial charge is 0.416 e. The first kappa shape index (κ1) is 34.2. The van der Waals surface area contributed by atoms with Crippen LogP contribution in [0.4, 0.5) is 28.9 Å². The lowest BCUT2D eigenvalue weighted by Crippen LogP contribution is -2.35. The van der Waals surface area contributed by atoms with E-state index in [2.05, 4.69) is 63.4 Å². The Hall–Kier alpha value is -4.10. The number of anilines is 2. The van der Waals surface area contributed by atoms with Crippen LogP contribution in [-0.2, 0) is 32.3 Å². The van der Waals surface area contributed by atoms with Crippen molar-refractivity contribution in [1.82, 2.24) is 9.55 Å². The van der Waals surface area contributed by atoms with E-state index >= 15 is 0 Å². The zero-order chi connectivity index (χ0) is 33.9. The predicted octanol–water partition coefficient (Wildman–Crippen LogP) is 7.37. The molecule has 3 aromatic carbocycles. The van der Waals surface area contributed by atoms with Gasteiger partial charge in [0.2, 0.25) is 6.41 Å². The molecule has 250 valence electrons. The molecule has 1 N–H and O–H groups in total. The van der Waals surface area contributed by atoms with E-state index in [4.69, 9.17) is 9.47 Å². The molecule has 4 aromatic rings. The molecule has 6 rings (SSSR count). The molecule has 2 heterocycles. The molecule has 1 saturated heterocycles. The number of halogens is 4. The highest BCUT2D eigenvalue weighted by Crippen LogP contribution is 2.47. The fraction of sp³-hybridized carbons (Fsp3) is 0.382. The van der Waals surface area contributed by atoms with Crippen LogP contribution in [0, 0.1) is 30.5 Å². The normalized spacial score (nSPS) is 20.6. The van der Waals surface area contributed by atoms with E-state index < -0.39 is 17.6 Å². The van der Waals surface area contributed by atoms with Crippen molar-refractivity contribution in [2.75, 3.05) is 37.0 Å². The lowest BCUT2D eigenvalue weighted by molar-refractivity contribution is -0.148. The van der Waals surface area contributed by atoms with Gasteiger partial charge in [-0.1, -0.05) is 12.1 Å². The van der Waals surface area contributed by atoms with Crippen molar-refractivity contribution in [3.8, 4) is 0 Å². The molecule has 4 unspecified atom stereocenters. The number of carbonyl (C=O) groups is 2. The molecule has 1 aliphatic heterocycles. The van der Waals surface area contributed by atoms with Crippen LogP contribution in [0.2, 0.25) is 0 Å². The van der Waals surface area contributed by atoms with Crippen molar-refractivity contribution in [1.29, 1.82) is 0 Å². The first-order valence-corrected chi connectivity index (χ1v) is 15.8. The predicted molar refractivity (Wildman–Crippen MR) is 173 cm³/mol. The Morgan fingerprint density at radius 2 is 1.79 bits per heavy atom. The van der Waals surface area contributed by atoms with Crippen LogP contribution >= 0.6 is 11.9 Å². The molecule has 1 aromatic heterocycles. The van der Waals surface area contributed by atoms with E-state index in [1.54, 1.807) is 11.9 Å². The number of hydrogen-bond donors (Lipinski definition) is 1. The van der Waals surface area contributed by atoms with E-state index in [0.29, 0.717) is 24.0 Å². The maximum Gasteiger partial charge on any atom is 0.416 e. The van der Waals surface area contributed by atoms with Gasteiger partial charge in [0.15, 0.2) is 0 Å². The SMILES string of the molecule is COC(=O)C1CC2COCC2CC1c1ccc(N(C)Sc2ccc3c(c2)nc(C)n3C)cc1.O=CNc1ccc(C(F)(F)F)cc1F. The van der Waals surface area contributed by atoms with Crippen molar-refractivity contribution in [2.24, 2.45) is 24.8 Å². The number of rotatable bonds is 7. The monoisotopic (exact) mass is 672 g/mol. The highest BCUT2D eigenvalue weighted by atomic mass is 32.2. The van der Waals surface area contributed by atoms with Gasteiger partial charge in [0.05, 0.1) is 35.3 Å². The Labute approximate surface area is 274 Å². The summed E-state index contributed by atoms with van der Waals surface area (Å²) in [5, 5.41) is 1.93. The van der Waals surface area contributed by atoms with Gasteiger partial charge in [0, 0.05) is 37.9 Å². The second kappa shape index (κ2) is 14.3. The summed E-state index contributed by atoms with van der Waals surface area (Å²) in [4.78, 5) is 28.3. The first-order chi connectivity index (χ1) is 22.4. The highest BCUT2D eigenvalue weighted by molar-refractivity contribution is 8.00. The standard InChI is InChI=1S/C26H31N3O3S.C8H5F4NO/c1-16-27-24-13-21(9-10-25(24)28(16)2)33-29(3)20-7-5-17(6-8-20)22-11-18-14-32-15-19(18)12-23(22)26(30)31-4;9-6-3-5(8(10,11)12)1-2-7(6)13-4-14/h5-10,13,18-19,22-23H,11-12,14-15H2,1-4H3;1-4H,(H,13,14). The van der Waals surface area contributed by atoms with Gasteiger partial charge in [-0.25, -0.2) is 9.37 Å². The molecule has 47 heavy (non-hydrogen) atoms. The second-order valence-electron chi connectivity index (χ2n) is 11.8. The minimum Gasteiger partial charge on any atom is -0.469 e. The van der Waals surface area contributed by atoms with E-state index in [1.807, 2.05) is 19.3 Å². The Morgan fingerprint density at radius 1 is 1.09 bits per heavy atom. The van der Waals surface area contributed by atoms with Crippen LogP contribution in [0.25, 0.3) is 11.0 Å². The fourth-order valence-corrected chi connectivity index (χ4v) is 7.13. The van der Waals surface area contributed by atoms with Gasteiger partial charge in [0.1, 0.15) is 11.6 Å². The van der Waals surface area contributed by atoms with Crippen molar-refractivity contribution in [3.63, 3.8) is 0 Å². The number of ether oxygens (including phenoxy) is 2. The van der Waals surface area contributed by atoms with Crippen molar-refractivity contribution in [2.45, 2.75) is 36.8 Å². The summed E-state index contributed by atoms with van der Waals surface area (Å²) in [5.41, 5.74) is 3.12. The van der Waals surface area contributed by atoms with E-state index in [1.165, 1.54) is 12.7 Å². The minimum atomic E-state index is -4.58. The Balaban J connectivity index is 0.000000261. The van der Waals surface area contributed by atoms with Gasteiger partial charge < -0.3 is 23.7 Å². The topological polar surface area (TPSA) is 85.7 Å². The molecule has 13 heteroatoms. The number of amides is 1. The number of nitrogens with zero attached hydrogens (tertiary/aromatic N) is 3. The first-order valence-electron chi connectivity index (χ1n) is 15.1. The highest BCUT2D eigenvalue weighted by Gasteiger charge is 2.44. The third-order valence-corrected chi connectivity index (χ3v) is 9.90. The van der Waals surface area contributed by atoms with Crippen LogP contribution in [0.1, 0.15) is 35.7 Å². The van der Waals surface area contributed by atoms with Crippen LogP contribution in [-0.4, -0.2) is 49.3 Å². The molecule has 1 aliphatic carbocycles. The van der Waals surface area contributed by atoms with Gasteiger partial charge in [0.25, 0.3) is 0 Å². The van der Waals surface area contributed by atoms with E-state index in [0.717, 1.165) is 59.6 Å². The van der Waals surface area contributed by atoms with Crippen molar-refractivity contribution in [3.05, 3.63) is 83.4 Å². The number of carbonyl (C=O) groups excluding carboxylic acids is 2. The summed E-state index contributed by atoms with van der Waals surface area (Å²) in [6, 6.07) is 16.9. The number of fused-ring (bicyclic) bond motifs is 2. The molecule has 0 bridgehead atoms. The molecule has 0 spiro atoms. The molecule has 2 fully saturated rings.